The van der Waals surface area contributed by atoms with Crippen LogP contribution < -0.4 is 10.2 Å². The predicted octanol–water partition coefficient (Wildman–Crippen LogP) is 5.05. The number of nitrogens with one attached hydrogen (secondary N) is 1. The van der Waals surface area contributed by atoms with Crippen LogP contribution in [0, 0.1) is 11.6 Å². The van der Waals surface area contributed by atoms with Crippen LogP contribution in [0.3, 0.4) is 0 Å². The first-order valence-corrected chi connectivity index (χ1v) is 10.4. The first kappa shape index (κ1) is 23.7. The maximum Gasteiger partial charge on any atom is 0.416 e. The molecular formula is C23H20F5N3O3. The van der Waals surface area contributed by atoms with E-state index in [2.05, 4.69) is 10.3 Å². The first-order chi connectivity index (χ1) is 16.2. The Morgan fingerprint density at radius 2 is 1.85 bits per heavy atom. The van der Waals surface area contributed by atoms with E-state index in [9.17, 15) is 26.7 Å². The van der Waals surface area contributed by atoms with E-state index in [0.717, 1.165) is 18.2 Å². The zero-order valence-corrected chi connectivity index (χ0v) is 17.8. The average Bonchev–Trinajstić information content (AvgIpc) is 3.26. The fraction of sp³-hybridized carbons (Fsp3) is 0.304. The Hall–Kier alpha value is -3.47. The molecule has 1 saturated heterocycles. The number of rotatable bonds is 6. The number of oxazole rings is 1. The van der Waals surface area contributed by atoms with Crippen molar-refractivity contribution < 1.29 is 35.9 Å². The molecule has 1 amide bonds. The molecule has 0 radical (unpaired) electrons. The van der Waals surface area contributed by atoms with Gasteiger partial charge in [-0.2, -0.15) is 13.2 Å². The summed E-state index contributed by atoms with van der Waals surface area (Å²) >= 11 is 0. The largest absolute Gasteiger partial charge is 0.441 e. The van der Waals surface area contributed by atoms with Crippen molar-refractivity contribution in [2.45, 2.75) is 19.0 Å². The molecule has 180 valence electrons. The third-order valence-corrected chi connectivity index (χ3v) is 5.27. The summed E-state index contributed by atoms with van der Waals surface area (Å²) in [6.45, 7) is 1.81. The zero-order chi connectivity index (χ0) is 24.3. The monoisotopic (exact) mass is 481 g/mol. The fourth-order valence-electron chi connectivity index (χ4n) is 3.57. The number of ether oxygens (including phenoxy) is 1. The number of hydrogen-bond donors (Lipinski definition) is 1. The second kappa shape index (κ2) is 9.80. The highest BCUT2D eigenvalue weighted by Gasteiger charge is 2.32. The summed E-state index contributed by atoms with van der Waals surface area (Å²) in [4.78, 5) is 18.4. The lowest BCUT2D eigenvalue weighted by Gasteiger charge is -2.31. The van der Waals surface area contributed by atoms with E-state index in [-0.39, 0.29) is 35.7 Å². The lowest BCUT2D eigenvalue weighted by Crippen LogP contribution is -2.36. The van der Waals surface area contributed by atoms with E-state index in [1.807, 2.05) is 4.90 Å². The van der Waals surface area contributed by atoms with Gasteiger partial charge in [0.15, 0.2) is 11.7 Å². The summed E-state index contributed by atoms with van der Waals surface area (Å²) in [7, 11) is 0. The zero-order valence-electron chi connectivity index (χ0n) is 17.8. The minimum atomic E-state index is -4.56. The summed E-state index contributed by atoms with van der Waals surface area (Å²) in [5, 5.41) is 2.55. The molecule has 4 rings (SSSR count). The smallest absolute Gasteiger partial charge is 0.416 e. The van der Waals surface area contributed by atoms with Crippen LogP contribution in [0.4, 0.5) is 33.3 Å². The minimum absolute atomic E-state index is 0.0173. The molecule has 6 nitrogen and oxygen atoms in total. The van der Waals surface area contributed by atoms with Gasteiger partial charge in [0.05, 0.1) is 41.9 Å². The van der Waals surface area contributed by atoms with Crippen LogP contribution >= 0.6 is 0 Å². The molecule has 1 N–H and O–H groups in total. The molecule has 3 aromatic rings. The van der Waals surface area contributed by atoms with Crippen molar-refractivity contribution in [3.05, 3.63) is 65.7 Å². The predicted molar refractivity (Wildman–Crippen MR) is 113 cm³/mol. The molecule has 0 unspecified atom stereocenters. The molecule has 0 saturated carbocycles. The van der Waals surface area contributed by atoms with Crippen molar-refractivity contribution in [3.8, 4) is 11.3 Å². The molecule has 1 aliphatic rings. The normalized spacial score (nSPS) is 14.3. The fourth-order valence-corrected chi connectivity index (χ4v) is 3.57. The molecule has 1 aromatic heterocycles. The molecule has 0 bridgehead atoms. The van der Waals surface area contributed by atoms with E-state index in [1.54, 1.807) is 0 Å². The number of aryl methyl sites for hydroxylation is 1. The van der Waals surface area contributed by atoms with Gasteiger partial charge in [-0.05, 0) is 30.3 Å². The van der Waals surface area contributed by atoms with E-state index >= 15 is 0 Å². The van der Waals surface area contributed by atoms with Gasteiger partial charge < -0.3 is 19.4 Å². The summed E-state index contributed by atoms with van der Waals surface area (Å²) < 4.78 is 77.4. The number of nitrogens with zero attached hydrogens (tertiary/aromatic N) is 2. The van der Waals surface area contributed by atoms with Crippen LogP contribution in [-0.2, 0) is 22.1 Å². The first-order valence-electron chi connectivity index (χ1n) is 10.4. The van der Waals surface area contributed by atoms with Gasteiger partial charge in [0.25, 0.3) is 0 Å². The summed E-state index contributed by atoms with van der Waals surface area (Å²) in [5.41, 5.74) is -0.347. The topological polar surface area (TPSA) is 67.6 Å². The summed E-state index contributed by atoms with van der Waals surface area (Å²) in [5.74, 6) is -1.89. The number of amides is 1. The highest BCUT2D eigenvalue weighted by atomic mass is 19.4. The summed E-state index contributed by atoms with van der Waals surface area (Å²) in [6, 6.07) is 6.22. The number of halogens is 5. The SMILES string of the molecule is O=C(CCc1ncc(-c2ccc(F)cc2F)o1)Nc1cc(C(F)(F)F)ccc1N1CCOCC1. The van der Waals surface area contributed by atoms with Gasteiger partial charge in [0.2, 0.25) is 5.91 Å². The molecule has 1 fully saturated rings. The van der Waals surface area contributed by atoms with Gasteiger partial charge in [0.1, 0.15) is 11.6 Å². The molecule has 2 heterocycles. The molecule has 0 atom stereocenters. The van der Waals surface area contributed by atoms with Gasteiger partial charge >= 0.3 is 6.18 Å². The molecule has 0 aliphatic carbocycles. The van der Waals surface area contributed by atoms with Gasteiger partial charge in [0, 0.05) is 32.0 Å². The van der Waals surface area contributed by atoms with Crippen molar-refractivity contribution in [2.24, 2.45) is 0 Å². The lowest BCUT2D eigenvalue weighted by molar-refractivity contribution is -0.137. The number of morpholine rings is 1. The maximum absolute atomic E-state index is 13.9. The van der Waals surface area contributed by atoms with E-state index in [4.69, 9.17) is 9.15 Å². The maximum atomic E-state index is 13.9. The van der Waals surface area contributed by atoms with Gasteiger partial charge in [-0.15, -0.1) is 0 Å². The highest BCUT2D eigenvalue weighted by Crippen LogP contribution is 2.36. The standard InChI is InChI=1S/C23H20F5N3O3/c24-15-2-3-16(17(25)12-15)20-13-29-22(34-20)6-5-21(32)30-18-11-14(23(26,27)28)1-4-19(18)31-7-9-33-10-8-31/h1-4,11-13H,5-10H2,(H,30,32). The molecular weight excluding hydrogens is 461 g/mol. The van der Waals surface area contributed by atoms with Crippen LogP contribution in [0.15, 0.2) is 47.0 Å². The van der Waals surface area contributed by atoms with Crippen LogP contribution in [0.1, 0.15) is 17.9 Å². The number of hydrogen-bond acceptors (Lipinski definition) is 5. The molecule has 0 spiro atoms. The Morgan fingerprint density at radius 1 is 1.09 bits per heavy atom. The number of carbonyl (C=O) groups excluding carboxylic acids is 1. The van der Waals surface area contributed by atoms with Crippen molar-refractivity contribution in [2.75, 3.05) is 36.5 Å². The number of anilines is 2. The van der Waals surface area contributed by atoms with Crippen LogP contribution in [-0.4, -0.2) is 37.2 Å². The molecule has 1 aliphatic heterocycles. The third-order valence-electron chi connectivity index (χ3n) is 5.27. The molecule has 11 heteroatoms. The number of aromatic nitrogens is 1. The highest BCUT2D eigenvalue weighted by molar-refractivity contribution is 5.94. The third kappa shape index (κ3) is 5.53. The second-order valence-corrected chi connectivity index (χ2v) is 7.62. The Labute approximate surface area is 191 Å². The van der Waals surface area contributed by atoms with Crippen LogP contribution in [0.2, 0.25) is 0 Å². The minimum Gasteiger partial charge on any atom is -0.441 e. The van der Waals surface area contributed by atoms with Crippen LogP contribution in [0.5, 0.6) is 0 Å². The Balaban J connectivity index is 1.46. The van der Waals surface area contributed by atoms with Gasteiger partial charge in [-0.3, -0.25) is 4.79 Å². The number of alkyl halides is 3. The van der Waals surface area contributed by atoms with Crippen molar-refractivity contribution in [1.82, 2.24) is 4.98 Å². The van der Waals surface area contributed by atoms with Crippen molar-refractivity contribution >= 4 is 17.3 Å². The van der Waals surface area contributed by atoms with E-state index in [0.29, 0.717) is 38.1 Å². The quantitative estimate of drug-likeness (QED) is 0.500. The Bertz CT molecular complexity index is 1170. The number of benzene rings is 2. The molecule has 2 aromatic carbocycles. The van der Waals surface area contributed by atoms with Gasteiger partial charge in [-0.1, -0.05) is 0 Å². The van der Waals surface area contributed by atoms with Crippen molar-refractivity contribution in [3.63, 3.8) is 0 Å². The Kier molecular flexibility index (Phi) is 6.82. The average molecular weight is 481 g/mol. The second-order valence-electron chi connectivity index (χ2n) is 7.62. The number of carbonyl (C=O) groups is 1. The van der Waals surface area contributed by atoms with E-state index < -0.39 is 29.3 Å². The van der Waals surface area contributed by atoms with E-state index in [1.165, 1.54) is 18.3 Å². The lowest BCUT2D eigenvalue weighted by atomic mass is 10.1. The summed E-state index contributed by atoms with van der Waals surface area (Å²) in [6.07, 6.45) is -3.41. The van der Waals surface area contributed by atoms with Crippen molar-refractivity contribution in [1.29, 1.82) is 0 Å². The molecule has 34 heavy (non-hydrogen) atoms. The van der Waals surface area contributed by atoms with Gasteiger partial charge in [-0.25, -0.2) is 13.8 Å². The Morgan fingerprint density at radius 3 is 2.56 bits per heavy atom. The van der Waals surface area contributed by atoms with Crippen LogP contribution in [0.25, 0.3) is 11.3 Å².